The molecule has 1 fully saturated rings. The van der Waals surface area contributed by atoms with Gasteiger partial charge < -0.3 is 14.6 Å². The second kappa shape index (κ2) is 8.11. The van der Waals surface area contributed by atoms with Crippen LogP contribution in [0.4, 0.5) is 11.4 Å². The summed E-state index contributed by atoms with van der Waals surface area (Å²) in [7, 11) is 0. The van der Waals surface area contributed by atoms with Crippen molar-refractivity contribution in [3.8, 4) is 0 Å². The number of nitrogens with zero attached hydrogens (tertiary/aromatic N) is 3. The molecular weight excluding hydrogens is 412 g/mol. The van der Waals surface area contributed by atoms with E-state index in [0.29, 0.717) is 21.6 Å². The molecule has 1 saturated heterocycles. The van der Waals surface area contributed by atoms with Crippen LogP contribution < -0.4 is 10.5 Å². The van der Waals surface area contributed by atoms with Crippen LogP contribution in [0, 0.1) is 10.1 Å². The number of fused-ring (bicyclic) bond motifs is 1. The SMILES string of the molecule is O=C(OCc1nc2cc(Cl)ccc2c(=O)[nH]1)c1cc([N+](=O)[O-])ccc1N1CCCC1. The van der Waals surface area contributed by atoms with Crippen molar-refractivity contribution in [1.29, 1.82) is 0 Å². The van der Waals surface area contributed by atoms with Crippen molar-refractivity contribution in [3.63, 3.8) is 0 Å². The van der Waals surface area contributed by atoms with E-state index in [4.69, 9.17) is 16.3 Å². The molecule has 154 valence electrons. The normalized spacial score (nSPS) is 13.6. The summed E-state index contributed by atoms with van der Waals surface area (Å²) >= 11 is 5.95. The van der Waals surface area contributed by atoms with Gasteiger partial charge in [-0.3, -0.25) is 14.9 Å². The fraction of sp³-hybridized carbons (Fsp3) is 0.250. The lowest BCUT2D eigenvalue weighted by molar-refractivity contribution is -0.384. The van der Waals surface area contributed by atoms with E-state index in [1.54, 1.807) is 24.3 Å². The molecule has 0 amide bonds. The van der Waals surface area contributed by atoms with Gasteiger partial charge >= 0.3 is 5.97 Å². The molecule has 4 rings (SSSR count). The van der Waals surface area contributed by atoms with E-state index in [-0.39, 0.29) is 29.2 Å². The number of non-ortho nitro benzene ring substituents is 1. The number of hydrogen-bond donors (Lipinski definition) is 1. The first kappa shape index (κ1) is 19.8. The predicted octanol–water partition coefficient (Wildman–Crippen LogP) is 3.44. The summed E-state index contributed by atoms with van der Waals surface area (Å²) in [5, 5.41) is 11.9. The molecule has 1 N–H and O–H groups in total. The van der Waals surface area contributed by atoms with E-state index < -0.39 is 10.9 Å². The Labute approximate surface area is 175 Å². The fourth-order valence-electron chi connectivity index (χ4n) is 3.48. The van der Waals surface area contributed by atoms with Crippen molar-refractivity contribution in [3.05, 3.63) is 73.3 Å². The molecule has 0 unspecified atom stereocenters. The molecular formula is C20H17ClN4O5. The minimum absolute atomic E-state index is 0.109. The van der Waals surface area contributed by atoms with Crippen molar-refractivity contribution < 1.29 is 14.5 Å². The largest absolute Gasteiger partial charge is 0.454 e. The number of nitrogens with one attached hydrogen (secondary N) is 1. The summed E-state index contributed by atoms with van der Waals surface area (Å²) in [5.74, 6) is -0.578. The van der Waals surface area contributed by atoms with E-state index in [1.807, 2.05) is 4.90 Å². The molecule has 30 heavy (non-hydrogen) atoms. The third-order valence-electron chi connectivity index (χ3n) is 4.92. The molecule has 1 aliphatic rings. The van der Waals surface area contributed by atoms with Crippen molar-refractivity contribution in [2.75, 3.05) is 18.0 Å². The number of esters is 1. The molecule has 0 saturated carbocycles. The zero-order valence-electron chi connectivity index (χ0n) is 15.8. The highest BCUT2D eigenvalue weighted by atomic mass is 35.5. The second-order valence-electron chi connectivity index (χ2n) is 6.90. The number of carbonyl (C=O) groups is 1. The van der Waals surface area contributed by atoms with Gasteiger partial charge in [0.25, 0.3) is 11.2 Å². The molecule has 0 spiro atoms. The highest BCUT2D eigenvalue weighted by Gasteiger charge is 2.23. The molecule has 0 aliphatic carbocycles. The Bertz CT molecular complexity index is 1200. The number of anilines is 1. The summed E-state index contributed by atoms with van der Waals surface area (Å²) in [6.45, 7) is 1.23. The van der Waals surface area contributed by atoms with Gasteiger partial charge in [-0.1, -0.05) is 11.6 Å². The number of halogens is 1. The van der Waals surface area contributed by atoms with Gasteiger partial charge in [0.15, 0.2) is 0 Å². The van der Waals surface area contributed by atoms with Gasteiger partial charge in [-0.25, -0.2) is 9.78 Å². The predicted molar refractivity (Wildman–Crippen MR) is 111 cm³/mol. The van der Waals surface area contributed by atoms with Crippen LogP contribution >= 0.6 is 11.6 Å². The van der Waals surface area contributed by atoms with Gasteiger partial charge in [-0.2, -0.15) is 0 Å². The molecule has 1 aliphatic heterocycles. The van der Waals surface area contributed by atoms with Gasteiger partial charge in [0.2, 0.25) is 0 Å². The van der Waals surface area contributed by atoms with Crippen molar-refractivity contribution in [2.45, 2.75) is 19.4 Å². The first-order valence-electron chi connectivity index (χ1n) is 9.31. The van der Waals surface area contributed by atoms with E-state index in [9.17, 15) is 19.7 Å². The highest BCUT2D eigenvalue weighted by molar-refractivity contribution is 6.31. The van der Waals surface area contributed by atoms with E-state index in [1.165, 1.54) is 12.1 Å². The minimum atomic E-state index is -0.727. The second-order valence-corrected chi connectivity index (χ2v) is 7.34. The smallest absolute Gasteiger partial charge is 0.340 e. The van der Waals surface area contributed by atoms with Crippen LogP contribution in [0.1, 0.15) is 29.0 Å². The third-order valence-corrected chi connectivity index (χ3v) is 5.15. The van der Waals surface area contributed by atoms with Crippen molar-refractivity contribution in [1.82, 2.24) is 9.97 Å². The van der Waals surface area contributed by atoms with Crippen LogP contribution in [0.25, 0.3) is 10.9 Å². The van der Waals surface area contributed by atoms with Crippen LogP contribution in [-0.2, 0) is 11.3 Å². The minimum Gasteiger partial charge on any atom is -0.454 e. The Morgan fingerprint density at radius 1 is 1.23 bits per heavy atom. The van der Waals surface area contributed by atoms with E-state index >= 15 is 0 Å². The molecule has 3 aromatic rings. The Morgan fingerprint density at radius 3 is 2.73 bits per heavy atom. The quantitative estimate of drug-likeness (QED) is 0.375. The standard InChI is InChI=1S/C20H17ClN4O5/c21-12-3-5-14-16(9-12)22-18(23-19(14)26)11-30-20(27)15-10-13(25(28)29)4-6-17(15)24-7-1-2-8-24/h3-6,9-10H,1-2,7-8,11H2,(H,22,23,26). The number of nitro groups is 1. The molecule has 0 atom stereocenters. The van der Waals surface area contributed by atoms with Crippen molar-refractivity contribution in [2.24, 2.45) is 0 Å². The number of benzene rings is 2. The number of H-pyrrole nitrogens is 1. The van der Waals surface area contributed by atoms with Crippen molar-refractivity contribution >= 4 is 39.8 Å². The zero-order chi connectivity index (χ0) is 21.3. The topological polar surface area (TPSA) is 118 Å². The number of nitro benzene ring substituents is 1. The van der Waals surface area contributed by atoms with Gasteiger partial charge in [0.1, 0.15) is 12.4 Å². The van der Waals surface area contributed by atoms with Gasteiger partial charge in [0.05, 0.1) is 27.1 Å². The first-order chi connectivity index (χ1) is 14.4. The van der Waals surface area contributed by atoms with Crippen LogP contribution in [0.3, 0.4) is 0 Å². The molecule has 1 aromatic heterocycles. The number of ether oxygens (including phenoxy) is 1. The maximum absolute atomic E-state index is 12.8. The van der Waals surface area contributed by atoms with Crippen LogP contribution in [0.5, 0.6) is 0 Å². The number of rotatable bonds is 5. The molecule has 0 radical (unpaired) electrons. The fourth-order valence-corrected chi connectivity index (χ4v) is 3.64. The van der Waals surface area contributed by atoms with E-state index in [0.717, 1.165) is 25.9 Å². The van der Waals surface area contributed by atoms with Gasteiger partial charge in [-0.15, -0.1) is 0 Å². The molecule has 9 nitrogen and oxygen atoms in total. The van der Waals surface area contributed by atoms with Gasteiger partial charge in [-0.05, 0) is 37.1 Å². The first-order valence-corrected chi connectivity index (χ1v) is 9.69. The summed E-state index contributed by atoms with van der Waals surface area (Å²) < 4.78 is 5.33. The van der Waals surface area contributed by atoms with E-state index in [2.05, 4.69) is 9.97 Å². The number of aromatic nitrogens is 2. The summed E-state index contributed by atoms with van der Waals surface area (Å²) in [5.41, 5.74) is 0.505. The average Bonchev–Trinajstić information content (AvgIpc) is 3.26. The van der Waals surface area contributed by atoms with Crippen LogP contribution in [-0.4, -0.2) is 34.0 Å². The lowest BCUT2D eigenvalue weighted by atomic mass is 10.1. The summed E-state index contributed by atoms with van der Waals surface area (Å²) in [6.07, 6.45) is 1.96. The summed E-state index contributed by atoms with van der Waals surface area (Å²) in [4.78, 5) is 44.4. The Kier molecular flexibility index (Phi) is 5.37. The molecule has 2 aromatic carbocycles. The highest BCUT2D eigenvalue weighted by Crippen LogP contribution is 2.29. The maximum Gasteiger partial charge on any atom is 0.340 e. The zero-order valence-corrected chi connectivity index (χ0v) is 16.5. The van der Waals surface area contributed by atoms with Gasteiger partial charge in [0, 0.05) is 30.2 Å². The molecule has 2 heterocycles. The Morgan fingerprint density at radius 2 is 2.00 bits per heavy atom. The molecule has 10 heteroatoms. The monoisotopic (exact) mass is 428 g/mol. The summed E-state index contributed by atoms with van der Waals surface area (Å²) in [6, 6.07) is 8.85. The van der Waals surface area contributed by atoms with Crippen LogP contribution in [0.15, 0.2) is 41.2 Å². The van der Waals surface area contributed by atoms with Crippen LogP contribution in [0.2, 0.25) is 5.02 Å². The Balaban J connectivity index is 1.60. The molecule has 0 bridgehead atoms. The lowest BCUT2D eigenvalue weighted by Gasteiger charge is -2.20. The number of aromatic amines is 1. The average molecular weight is 429 g/mol. The number of carbonyl (C=O) groups excluding carboxylic acids is 1. The lowest BCUT2D eigenvalue weighted by Crippen LogP contribution is -2.22. The number of hydrogen-bond acceptors (Lipinski definition) is 7. The third kappa shape index (κ3) is 3.97. The maximum atomic E-state index is 12.8. The Hall–Kier alpha value is -3.46.